The number of hydrogen-bond acceptors (Lipinski definition) is 4. The summed E-state index contributed by atoms with van der Waals surface area (Å²) >= 11 is 0. The lowest BCUT2D eigenvalue weighted by molar-refractivity contribution is -0.138. The summed E-state index contributed by atoms with van der Waals surface area (Å²) in [6, 6.07) is 7.27. The standard InChI is InChI=1S/C19H22N4O3/c24-16(22-9-13-7-20-8-14(13)10-22)11-23-17(25)19(21-18(23)26)6-5-12-3-1-2-4-15(12)19/h1-4,13-14,20H,5-11H2,(H,21,26)/t13-,14+,19?. The number of urea groups is 1. The van der Waals surface area contributed by atoms with E-state index < -0.39 is 11.6 Å². The number of nitrogens with zero attached hydrogens (tertiary/aromatic N) is 2. The van der Waals surface area contributed by atoms with Crippen LogP contribution in [0.3, 0.4) is 0 Å². The number of carbonyl (C=O) groups is 3. The Morgan fingerprint density at radius 2 is 1.88 bits per heavy atom. The Morgan fingerprint density at radius 1 is 1.15 bits per heavy atom. The second-order valence-corrected chi connectivity index (χ2v) is 7.86. The highest BCUT2D eigenvalue weighted by Crippen LogP contribution is 2.41. The molecular weight excluding hydrogens is 332 g/mol. The zero-order valence-corrected chi connectivity index (χ0v) is 14.5. The van der Waals surface area contributed by atoms with Crippen molar-refractivity contribution in [2.45, 2.75) is 18.4 Å². The van der Waals surface area contributed by atoms with Gasteiger partial charge in [-0.15, -0.1) is 0 Å². The molecule has 7 nitrogen and oxygen atoms in total. The van der Waals surface area contributed by atoms with Gasteiger partial charge in [0.05, 0.1) is 0 Å². The molecule has 4 aliphatic rings. The number of benzene rings is 1. The molecule has 136 valence electrons. The predicted octanol–water partition coefficient (Wildman–Crippen LogP) is 0.0577. The summed E-state index contributed by atoms with van der Waals surface area (Å²) in [5.41, 5.74) is 0.976. The second-order valence-electron chi connectivity index (χ2n) is 7.86. The molecule has 26 heavy (non-hydrogen) atoms. The number of likely N-dealkylation sites (tertiary alicyclic amines) is 1. The third kappa shape index (κ3) is 2.13. The van der Waals surface area contributed by atoms with Crippen LogP contribution in [-0.2, 0) is 21.5 Å². The first kappa shape index (κ1) is 15.8. The van der Waals surface area contributed by atoms with E-state index in [1.165, 1.54) is 0 Å². The molecule has 0 bridgehead atoms. The molecule has 3 atom stereocenters. The first-order valence-corrected chi connectivity index (χ1v) is 9.29. The Bertz CT molecular complexity index is 798. The van der Waals surface area contributed by atoms with E-state index in [1.54, 1.807) is 0 Å². The molecule has 1 aromatic rings. The molecule has 2 N–H and O–H groups in total. The van der Waals surface area contributed by atoms with E-state index >= 15 is 0 Å². The van der Waals surface area contributed by atoms with Gasteiger partial charge in [0.2, 0.25) is 5.91 Å². The molecule has 5 rings (SSSR count). The van der Waals surface area contributed by atoms with Crippen molar-refractivity contribution in [2.24, 2.45) is 11.8 Å². The van der Waals surface area contributed by atoms with E-state index in [4.69, 9.17) is 0 Å². The van der Waals surface area contributed by atoms with Gasteiger partial charge in [-0.05, 0) is 35.8 Å². The molecule has 3 heterocycles. The molecule has 1 spiro atoms. The molecule has 4 amide bonds. The minimum Gasteiger partial charge on any atom is -0.340 e. The Morgan fingerprint density at radius 3 is 2.65 bits per heavy atom. The number of carbonyl (C=O) groups excluding carboxylic acids is 3. The van der Waals surface area contributed by atoms with Crippen LogP contribution >= 0.6 is 0 Å². The van der Waals surface area contributed by atoms with Gasteiger partial charge in [-0.1, -0.05) is 24.3 Å². The molecule has 0 radical (unpaired) electrons. The molecule has 1 unspecified atom stereocenters. The molecule has 3 fully saturated rings. The number of fused-ring (bicyclic) bond motifs is 3. The lowest BCUT2D eigenvalue weighted by Gasteiger charge is -2.23. The Kier molecular flexibility index (Phi) is 3.37. The molecule has 1 aromatic carbocycles. The summed E-state index contributed by atoms with van der Waals surface area (Å²) in [6.07, 6.45) is 1.31. The first-order chi connectivity index (χ1) is 12.6. The topological polar surface area (TPSA) is 81.8 Å². The zero-order valence-electron chi connectivity index (χ0n) is 14.5. The van der Waals surface area contributed by atoms with Crippen molar-refractivity contribution in [3.8, 4) is 0 Å². The molecule has 3 aliphatic heterocycles. The summed E-state index contributed by atoms with van der Waals surface area (Å²) in [7, 11) is 0. The van der Waals surface area contributed by atoms with Crippen LogP contribution in [0.4, 0.5) is 4.79 Å². The summed E-state index contributed by atoms with van der Waals surface area (Å²) in [5, 5.41) is 6.22. The van der Waals surface area contributed by atoms with E-state index in [9.17, 15) is 14.4 Å². The van der Waals surface area contributed by atoms with Crippen LogP contribution in [0.15, 0.2) is 24.3 Å². The lowest BCUT2D eigenvalue weighted by atomic mass is 9.92. The number of amides is 4. The van der Waals surface area contributed by atoms with E-state index in [1.807, 2.05) is 29.2 Å². The number of imide groups is 1. The van der Waals surface area contributed by atoms with Gasteiger partial charge >= 0.3 is 6.03 Å². The average molecular weight is 354 g/mol. The molecule has 0 saturated carbocycles. The van der Waals surface area contributed by atoms with Crippen molar-refractivity contribution in [3.63, 3.8) is 0 Å². The van der Waals surface area contributed by atoms with Crippen molar-refractivity contribution in [3.05, 3.63) is 35.4 Å². The fraction of sp³-hybridized carbons (Fsp3) is 0.526. The van der Waals surface area contributed by atoms with Gasteiger partial charge in [-0.2, -0.15) is 0 Å². The Balaban J connectivity index is 1.34. The highest BCUT2D eigenvalue weighted by Gasteiger charge is 2.55. The summed E-state index contributed by atoms with van der Waals surface area (Å²) in [6.45, 7) is 3.15. The van der Waals surface area contributed by atoms with Gasteiger partial charge in [0.25, 0.3) is 5.91 Å². The van der Waals surface area contributed by atoms with E-state index in [-0.39, 0.29) is 18.4 Å². The number of rotatable bonds is 2. The van der Waals surface area contributed by atoms with Crippen LogP contribution in [0.5, 0.6) is 0 Å². The zero-order chi connectivity index (χ0) is 17.9. The van der Waals surface area contributed by atoms with Crippen molar-refractivity contribution >= 4 is 17.8 Å². The highest BCUT2D eigenvalue weighted by atomic mass is 16.2. The monoisotopic (exact) mass is 354 g/mol. The third-order valence-electron chi connectivity index (χ3n) is 6.46. The molecule has 0 aromatic heterocycles. The fourth-order valence-corrected chi connectivity index (χ4v) is 5.03. The van der Waals surface area contributed by atoms with Gasteiger partial charge in [-0.25, -0.2) is 4.79 Å². The van der Waals surface area contributed by atoms with E-state index in [2.05, 4.69) is 10.6 Å². The SMILES string of the molecule is O=C(CN1C(=O)NC2(CCc3ccccc32)C1=O)N1C[C@H]2CNC[C@H]2C1. The van der Waals surface area contributed by atoms with E-state index in [0.717, 1.165) is 35.5 Å². The first-order valence-electron chi connectivity index (χ1n) is 9.29. The summed E-state index contributed by atoms with van der Waals surface area (Å²) in [4.78, 5) is 41.2. The molecule has 3 saturated heterocycles. The van der Waals surface area contributed by atoms with Gasteiger partial charge in [0.1, 0.15) is 12.1 Å². The van der Waals surface area contributed by atoms with Crippen molar-refractivity contribution < 1.29 is 14.4 Å². The quantitative estimate of drug-likeness (QED) is 0.736. The van der Waals surface area contributed by atoms with Crippen molar-refractivity contribution in [2.75, 3.05) is 32.7 Å². The van der Waals surface area contributed by atoms with Crippen molar-refractivity contribution in [1.82, 2.24) is 20.4 Å². The Labute approximate surface area is 151 Å². The Hall–Kier alpha value is -2.41. The second kappa shape index (κ2) is 5.54. The van der Waals surface area contributed by atoms with Crippen LogP contribution < -0.4 is 10.6 Å². The maximum absolute atomic E-state index is 13.1. The van der Waals surface area contributed by atoms with Crippen LogP contribution in [0, 0.1) is 11.8 Å². The fourth-order valence-electron chi connectivity index (χ4n) is 5.03. The van der Waals surface area contributed by atoms with Gasteiger partial charge in [0, 0.05) is 26.2 Å². The summed E-state index contributed by atoms with van der Waals surface area (Å²) < 4.78 is 0. The summed E-state index contributed by atoms with van der Waals surface area (Å²) in [5.74, 6) is 0.568. The number of nitrogens with one attached hydrogen (secondary N) is 2. The minimum atomic E-state index is -0.987. The van der Waals surface area contributed by atoms with Crippen LogP contribution in [-0.4, -0.2) is 60.4 Å². The maximum Gasteiger partial charge on any atom is 0.325 e. The normalized spacial score (nSPS) is 32.3. The lowest BCUT2D eigenvalue weighted by Crippen LogP contribution is -2.45. The van der Waals surface area contributed by atoms with Crippen LogP contribution in [0.2, 0.25) is 0 Å². The largest absolute Gasteiger partial charge is 0.340 e. The predicted molar refractivity (Wildman–Crippen MR) is 93.1 cm³/mol. The minimum absolute atomic E-state index is 0.133. The number of aryl methyl sites for hydroxylation is 1. The maximum atomic E-state index is 13.1. The van der Waals surface area contributed by atoms with E-state index in [0.29, 0.717) is 31.3 Å². The van der Waals surface area contributed by atoms with Gasteiger partial charge in [0.15, 0.2) is 0 Å². The third-order valence-corrected chi connectivity index (χ3v) is 6.46. The molecule has 7 heteroatoms. The van der Waals surface area contributed by atoms with Gasteiger partial charge in [-0.3, -0.25) is 14.5 Å². The number of hydrogen-bond donors (Lipinski definition) is 2. The van der Waals surface area contributed by atoms with Crippen molar-refractivity contribution in [1.29, 1.82) is 0 Å². The van der Waals surface area contributed by atoms with Crippen LogP contribution in [0.1, 0.15) is 17.5 Å². The van der Waals surface area contributed by atoms with Gasteiger partial charge < -0.3 is 15.5 Å². The molecule has 1 aliphatic carbocycles. The highest BCUT2D eigenvalue weighted by molar-refractivity contribution is 6.09. The molecular formula is C19H22N4O3. The smallest absolute Gasteiger partial charge is 0.325 e. The average Bonchev–Trinajstić information content (AvgIpc) is 3.36. The van der Waals surface area contributed by atoms with Crippen LogP contribution in [0.25, 0.3) is 0 Å².